The third-order valence-corrected chi connectivity index (χ3v) is 6.46. The van der Waals surface area contributed by atoms with Crippen LogP contribution in [0, 0.1) is 13.8 Å². The number of halogens is 3. The molecule has 0 aliphatic carbocycles. The molecule has 4 heterocycles. The van der Waals surface area contributed by atoms with Gasteiger partial charge in [-0.1, -0.05) is 6.07 Å². The van der Waals surface area contributed by atoms with Crippen LogP contribution in [-0.2, 0) is 0 Å². The third-order valence-electron chi connectivity index (χ3n) is 6.46. The Hall–Kier alpha value is -2.91. The molecule has 33 heavy (non-hydrogen) atoms. The number of carbonyl (C=O) groups is 1. The summed E-state index contributed by atoms with van der Waals surface area (Å²) >= 11 is 0. The molecule has 1 atom stereocenters. The topological polar surface area (TPSA) is 61.1 Å². The predicted molar refractivity (Wildman–Crippen MR) is 120 cm³/mol. The molecule has 1 saturated heterocycles. The van der Waals surface area contributed by atoms with E-state index in [0.29, 0.717) is 31.7 Å². The summed E-state index contributed by atoms with van der Waals surface area (Å²) in [6.07, 6.45) is -0.512. The molecule has 0 radical (unpaired) electrons. The fourth-order valence-corrected chi connectivity index (χ4v) is 4.71. The molecule has 0 saturated carbocycles. The molecular weight excluding hydrogens is 433 g/mol. The first-order chi connectivity index (χ1) is 15.5. The van der Waals surface area contributed by atoms with Crippen LogP contribution in [0.5, 0.6) is 0 Å². The minimum absolute atomic E-state index is 0.170. The zero-order chi connectivity index (χ0) is 23.9. The van der Waals surface area contributed by atoms with Crippen molar-refractivity contribution in [3.8, 4) is 11.1 Å². The van der Waals surface area contributed by atoms with Gasteiger partial charge in [-0.2, -0.15) is 13.2 Å². The number of aromatic nitrogens is 2. The van der Waals surface area contributed by atoms with Gasteiger partial charge in [-0.15, -0.1) is 0 Å². The summed E-state index contributed by atoms with van der Waals surface area (Å²) < 4.78 is 40.3. The largest absolute Gasteiger partial charge is 0.478 e. The Bertz CT molecular complexity index is 1160. The van der Waals surface area contributed by atoms with Gasteiger partial charge in [-0.05, 0) is 44.5 Å². The highest BCUT2D eigenvalue weighted by molar-refractivity contribution is 5.94. The van der Waals surface area contributed by atoms with Gasteiger partial charge in [0.25, 0.3) is 0 Å². The number of aromatic carboxylic acids is 1. The number of aryl methyl sites for hydroxylation is 1. The Morgan fingerprint density at radius 3 is 2.42 bits per heavy atom. The summed E-state index contributed by atoms with van der Waals surface area (Å²) in [5.74, 6) is -1.01. The molecule has 1 N–H and O–H groups in total. The second kappa shape index (κ2) is 8.79. The van der Waals surface area contributed by atoms with Crippen molar-refractivity contribution < 1.29 is 23.1 Å². The number of hydrogen-bond donors (Lipinski definition) is 1. The second-order valence-corrected chi connectivity index (χ2v) is 8.65. The van der Waals surface area contributed by atoms with E-state index in [1.165, 1.54) is 4.90 Å². The van der Waals surface area contributed by atoms with Gasteiger partial charge in [0.2, 0.25) is 0 Å². The number of nitrogens with zero attached hydrogens (tertiary/aromatic N) is 4. The van der Waals surface area contributed by atoms with Gasteiger partial charge >= 0.3 is 12.1 Å². The van der Waals surface area contributed by atoms with Crippen molar-refractivity contribution in [1.29, 1.82) is 0 Å². The number of alkyl halides is 3. The molecular formula is C24H27F3N4O2. The molecule has 176 valence electrons. The number of pyridine rings is 2. The average molecular weight is 461 g/mol. The van der Waals surface area contributed by atoms with Crippen molar-refractivity contribution in [2.75, 3.05) is 32.7 Å². The fourth-order valence-electron chi connectivity index (χ4n) is 4.71. The summed E-state index contributed by atoms with van der Waals surface area (Å²) in [7, 11) is 0. The van der Waals surface area contributed by atoms with Crippen LogP contribution in [0.2, 0.25) is 0 Å². The van der Waals surface area contributed by atoms with E-state index in [2.05, 4.69) is 9.88 Å². The Balaban J connectivity index is 1.72. The van der Waals surface area contributed by atoms with Crippen molar-refractivity contribution >= 4 is 11.5 Å². The van der Waals surface area contributed by atoms with Gasteiger partial charge in [-0.3, -0.25) is 14.8 Å². The zero-order valence-corrected chi connectivity index (χ0v) is 18.9. The number of rotatable bonds is 5. The fraction of sp³-hybridized carbons (Fsp3) is 0.417. The van der Waals surface area contributed by atoms with Gasteiger partial charge in [0.1, 0.15) is 0 Å². The number of piperazine rings is 1. The normalized spacial score (nSPS) is 16.9. The van der Waals surface area contributed by atoms with E-state index in [1.807, 2.05) is 42.6 Å². The van der Waals surface area contributed by atoms with Crippen LogP contribution in [0.3, 0.4) is 0 Å². The average Bonchev–Trinajstić information content (AvgIpc) is 3.16. The first-order valence-electron chi connectivity index (χ1n) is 10.9. The van der Waals surface area contributed by atoms with E-state index < -0.39 is 18.7 Å². The molecule has 1 aliphatic heterocycles. The molecule has 1 fully saturated rings. The summed E-state index contributed by atoms with van der Waals surface area (Å²) in [5, 5.41) is 9.87. The number of hydrogen-bond acceptors (Lipinski definition) is 4. The molecule has 0 aromatic carbocycles. The van der Waals surface area contributed by atoms with Gasteiger partial charge in [-0.25, -0.2) is 4.79 Å². The van der Waals surface area contributed by atoms with Crippen molar-refractivity contribution in [3.63, 3.8) is 0 Å². The molecule has 1 unspecified atom stereocenters. The highest BCUT2D eigenvalue weighted by atomic mass is 19.4. The van der Waals surface area contributed by atoms with E-state index >= 15 is 0 Å². The Labute approximate surface area is 190 Å². The summed E-state index contributed by atoms with van der Waals surface area (Å²) in [5.41, 5.74) is 5.14. The lowest BCUT2D eigenvalue weighted by Gasteiger charge is -2.39. The minimum atomic E-state index is -4.21. The number of carboxylic acid groups (broad SMARTS) is 1. The quantitative estimate of drug-likeness (QED) is 0.605. The van der Waals surface area contributed by atoms with E-state index in [9.17, 15) is 23.1 Å². The Morgan fingerprint density at radius 1 is 1.15 bits per heavy atom. The highest BCUT2D eigenvalue weighted by Gasteiger charge is 2.33. The lowest BCUT2D eigenvalue weighted by molar-refractivity contribution is -0.149. The van der Waals surface area contributed by atoms with E-state index in [-0.39, 0.29) is 11.6 Å². The standard InChI is InChI=1S/C24H27F3N4O2/c1-15-4-5-18(13-28-15)19-6-7-31-21(19)12-20(23(32)33)16(2)22(31)17(3)30-10-8-29(9-11-30)14-24(25,26)27/h4-7,12-13,17H,8-11,14H2,1-3H3,(H,32,33). The van der Waals surface area contributed by atoms with Crippen molar-refractivity contribution in [1.82, 2.24) is 19.2 Å². The van der Waals surface area contributed by atoms with Crippen molar-refractivity contribution in [2.24, 2.45) is 0 Å². The van der Waals surface area contributed by atoms with Gasteiger partial charge < -0.3 is 9.51 Å². The third kappa shape index (κ3) is 4.74. The molecule has 3 aromatic heterocycles. The van der Waals surface area contributed by atoms with Crippen LogP contribution in [-0.4, -0.2) is 69.2 Å². The maximum absolute atomic E-state index is 12.8. The molecule has 1 aliphatic rings. The van der Waals surface area contributed by atoms with Crippen molar-refractivity contribution in [2.45, 2.75) is 33.0 Å². The molecule has 0 spiro atoms. The first-order valence-corrected chi connectivity index (χ1v) is 10.9. The van der Waals surface area contributed by atoms with E-state index in [0.717, 1.165) is 28.0 Å². The highest BCUT2D eigenvalue weighted by Crippen LogP contribution is 2.34. The Kier molecular flexibility index (Phi) is 6.20. The summed E-state index contributed by atoms with van der Waals surface area (Å²) in [6.45, 7) is 6.37. The van der Waals surface area contributed by atoms with Gasteiger partial charge in [0, 0.05) is 67.1 Å². The zero-order valence-electron chi connectivity index (χ0n) is 18.9. The molecule has 3 aromatic rings. The maximum Gasteiger partial charge on any atom is 0.401 e. The predicted octanol–water partition coefficient (Wildman–Crippen LogP) is 4.56. The summed E-state index contributed by atoms with van der Waals surface area (Å²) in [6, 6.07) is 7.33. The summed E-state index contributed by atoms with van der Waals surface area (Å²) in [4.78, 5) is 20.0. The number of carboxylic acids is 1. The minimum Gasteiger partial charge on any atom is -0.478 e. The smallest absolute Gasteiger partial charge is 0.401 e. The monoisotopic (exact) mass is 460 g/mol. The van der Waals surface area contributed by atoms with E-state index in [1.54, 1.807) is 19.2 Å². The van der Waals surface area contributed by atoms with Crippen LogP contribution in [0.25, 0.3) is 16.6 Å². The second-order valence-electron chi connectivity index (χ2n) is 8.65. The number of fused-ring (bicyclic) bond motifs is 1. The van der Waals surface area contributed by atoms with Crippen LogP contribution in [0.1, 0.15) is 40.3 Å². The SMILES string of the molecule is Cc1ccc(-c2ccn3c(C(C)N4CCN(CC(F)(F)F)CC4)c(C)c(C(=O)O)cc23)cn1. The molecule has 0 amide bonds. The van der Waals surface area contributed by atoms with E-state index in [4.69, 9.17) is 0 Å². The maximum atomic E-state index is 12.8. The molecule has 0 bridgehead atoms. The lowest BCUT2D eigenvalue weighted by Crippen LogP contribution is -2.49. The molecule has 4 rings (SSSR count). The molecule has 6 nitrogen and oxygen atoms in total. The van der Waals surface area contributed by atoms with Crippen LogP contribution >= 0.6 is 0 Å². The van der Waals surface area contributed by atoms with Gasteiger partial charge in [0.15, 0.2) is 0 Å². The first kappa shape index (κ1) is 23.3. The van der Waals surface area contributed by atoms with Gasteiger partial charge in [0.05, 0.1) is 17.6 Å². The lowest BCUT2D eigenvalue weighted by atomic mass is 9.99. The van der Waals surface area contributed by atoms with Crippen molar-refractivity contribution in [3.05, 3.63) is 59.2 Å². The van der Waals surface area contributed by atoms with Crippen LogP contribution < -0.4 is 0 Å². The van der Waals surface area contributed by atoms with Crippen LogP contribution in [0.15, 0.2) is 36.7 Å². The Morgan fingerprint density at radius 2 is 1.85 bits per heavy atom. The van der Waals surface area contributed by atoms with Crippen LogP contribution in [0.4, 0.5) is 13.2 Å². The molecule has 9 heteroatoms.